The van der Waals surface area contributed by atoms with Gasteiger partial charge in [0.2, 0.25) is 11.7 Å². The van der Waals surface area contributed by atoms with Crippen LogP contribution in [0, 0.1) is 5.92 Å². The molecule has 0 bridgehead atoms. The summed E-state index contributed by atoms with van der Waals surface area (Å²) >= 11 is 5.79. The van der Waals surface area contributed by atoms with Crippen molar-refractivity contribution in [3.05, 3.63) is 41.6 Å². The first-order valence-corrected chi connectivity index (χ1v) is 9.36. The van der Waals surface area contributed by atoms with Gasteiger partial charge in [-0.2, -0.15) is 4.80 Å². The lowest BCUT2D eigenvalue weighted by Gasteiger charge is -2.31. The van der Waals surface area contributed by atoms with Crippen molar-refractivity contribution in [2.24, 2.45) is 13.0 Å². The quantitative estimate of drug-likeness (QED) is 0.718. The van der Waals surface area contributed by atoms with Gasteiger partial charge in [-0.15, -0.1) is 20.4 Å². The van der Waals surface area contributed by atoms with E-state index in [1.54, 1.807) is 13.1 Å². The maximum atomic E-state index is 12.7. The zero-order valence-corrected chi connectivity index (χ0v) is 16.0. The van der Waals surface area contributed by atoms with Crippen LogP contribution in [0.4, 0.5) is 11.5 Å². The van der Waals surface area contributed by atoms with Gasteiger partial charge in [-0.1, -0.05) is 23.7 Å². The molecule has 0 radical (unpaired) electrons. The average Bonchev–Trinajstić information content (AvgIpc) is 3.15. The normalized spacial score (nSPS) is 14.9. The standard InChI is InChI=1S/C18H19ClN8O/c1-26-24-17(23-25-26)13-3-2-4-14(11-13)20-18(28)12-7-9-27(10-8-12)16-6-5-15(19)21-22-16/h2-6,11-12H,7-10H2,1H3,(H,20,28). The van der Waals surface area contributed by atoms with Gasteiger partial charge >= 0.3 is 0 Å². The predicted molar refractivity (Wildman–Crippen MR) is 105 cm³/mol. The molecule has 0 unspecified atom stereocenters. The molecule has 1 aromatic carbocycles. The second-order valence-corrected chi connectivity index (χ2v) is 7.04. The van der Waals surface area contributed by atoms with Crippen LogP contribution < -0.4 is 10.2 Å². The average molecular weight is 399 g/mol. The first kappa shape index (κ1) is 18.3. The maximum absolute atomic E-state index is 12.7. The summed E-state index contributed by atoms with van der Waals surface area (Å²) in [6.45, 7) is 1.50. The van der Waals surface area contributed by atoms with Gasteiger partial charge in [0.15, 0.2) is 11.0 Å². The molecule has 1 N–H and O–H groups in total. The van der Waals surface area contributed by atoms with E-state index in [-0.39, 0.29) is 11.8 Å². The van der Waals surface area contributed by atoms with Crippen molar-refractivity contribution in [2.45, 2.75) is 12.8 Å². The molecule has 10 heteroatoms. The Morgan fingerprint density at radius 3 is 2.64 bits per heavy atom. The third-order valence-electron chi connectivity index (χ3n) is 4.70. The van der Waals surface area contributed by atoms with Crippen LogP contribution in [-0.2, 0) is 11.8 Å². The number of carbonyl (C=O) groups is 1. The summed E-state index contributed by atoms with van der Waals surface area (Å²) in [5.41, 5.74) is 1.53. The van der Waals surface area contributed by atoms with Crippen LogP contribution >= 0.6 is 11.6 Å². The molecule has 1 aliphatic rings. The van der Waals surface area contributed by atoms with Crippen molar-refractivity contribution < 1.29 is 4.79 Å². The lowest BCUT2D eigenvalue weighted by atomic mass is 9.95. The monoisotopic (exact) mass is 398 g/mol. The fourth-order valence-electron chi connectivity index (χ4n) is 3.23. The summed E-state index contributed by atoms with van der Waals surface area (Å²) in [5.74, 6) is 1.28. The Labute approximate surface area is 166 Å². The summed E-state index contributed by atoms with van der Waals surface area (Å²) in [4.78, 5) is 16.2. The SMILES string of the molecule is Cn1nnc(-c2cccc(NC(=O)C3CCN(c4ccc(Cl)nn4)CC3)c2)n1. The summed E-state index contributed by atoms with van der Waals surface area (Å²) in [6, 6.07) is 11.0. The molecule has 3 heterocycles. The number of nitrogens with one attached hydrogen (secondary N) is 1. The second-order valence-electron chi connectivity index (χ2n) is 6.65. The zero-order chi connectivity index (χ0) is 19.5. The number of amides is 1. The minimum atomic E-state index is -0.0465. The largest absolute Gasteiger partial charge is 0.355 e. The lowest BCUT2D eigenvalue weighted by molar-refractivity contribution is -0.120. The number of aromatic nitrogens is 6. The number of hydrogen-bond donors (Lipinski definition) is 1. The van der Waals surface area contributed by atoms with E-state index in [1.807, 2.05) is 30.3 Å². The predicted octanol–water partition coefficient (Wildman–Crippen LogP) is 2.18. The van der Waals surface area contributed by atoms with Crippen LogP contribution in [0.15, 0.2) is 36.4 Å². The Morgan fingerprint density at radius 1 is 1.14 bits per heavy atom. The smallest absolute Gasteiger partial charge is 0.227 e. The van der Waals surface area contributed by atoms with Crippen molar-refractivity contribution in [3.63, 3.8) is 0 Å². The summed E-state index contributed by atoms with van der Waals surface area (Å²) in [6.07, 6.45) is 1.50. The van der Waals surface area contributed by atoms with E-state index < -0.39 is 0 Å². The number of aryl methyl sites for hydroxylation is 1. The third-order valence-corrected chi connectivity index (χ3v) is 4.91. The van der Waals surface area contributed by atoms with E-state index in [0.717, 1.165) is 43.0 Å². The molecule has 0 saturated carbocycles. The van der Waals surface area contributed by atoms with Gasteiger partial charge in [-0.05, 0) is 42.3 Å². The summed E-state index contributed by atoms with van der Waals surface area (Å²) in [7, 11) is 1.71. The molecule has 4 rings (SSSR count). The van der Waals surface area contributed by atoms with Crippen molar-refractivity contribution in [2.75, 3.05) is 23.3 Å². The Hall–Kier alpha value is -3.07. The molecule has 0 spiro atoms. The van der Waals surface area contributed by atoms with Crippen LogP contribution in [0.2, 0.25) is 5.15 Å². The lowest BCUT2D eigenvalue weighted by Crippen LogP contribution is -2.38. The number of rotatable bonds is 4. The first-order valence-electron chi connectivity index (χ1n) is 8.98. The van der Waals surface area contributed by atoms with E-state index >= 15 is 0 Å². The number of piperidine rings is 1. The minimum Gasteiger partial charge on any atom is -0.355 e. The number of nitrogens with zero attached hydrogens (tertiary/aromatic N) is 7. The van der Waals surface area contributed by atoms with Crippen LogP contribution in [0.1, 0.15) is 12.8 Å². The van der Waals surface area contributed by atoms with E-state index in [9.17, 15) is 4.79 Å². The number of halogens is 1. The molecule has 1 saturated heterocycles. The van der Waals surface area contributed by atoms with Crippen molar-refractivity contribution in [1.29, 1.82) is 0 Å². The van der Waals surface area contributed by atoms with Gasteiger partial charge in [0.25, 0.3) is 0 Å². The van der Waals surface area contributed by atoms with Crippen molar-refractivity contribution >= 4 is 29.0 Å². The first-order chi connectivity index (χ1) is 13.6. The number of hydrogen-bond acceptors (Lipinski definition) is 7. The highest BCUT2D eigenvalue weighted by atomic mass is 35.5. The van der Waals surface area contributed by atoms with E-state index in [2.05, 4.69) is 35.8 Å². The van der Waals surface area contributed by atoms with Gasteiger partial charge in [-0.25, -0.2) is 0 Å². The Morgan fingerprint density at radius 2 is 1.96 bits per heavy atom. The molecule has 1 amide bonds. The molecule has 2 aromatic heterocycles. The summed E-state index contributed by atoms with van der Waals surface area (Å²) in [5, 5.41) is 23.4. The fraction of sp³-hybridized carbons (Fsp3) is 0.333. The van der Waals surface area contributed by atoms with Crippen molar-refractivity contribution in [3.8, 4) is 11.4 Å². The van der Waals surface area contributed by atoms with Crippen LogP contribution in [-0.4, -0.2) is 49.4 Å². The number of benzene rings is 1. The summed E-state index contributed by atoms with van der Waals surface area (Å²) < 4.78 is 0. The van der Waals surface area contributed by atoms with Gasteiger partial charge < -0.3 is 10.2 Å². The van der Waals surface area contributed by atoms with Crippen LogP contribution in [0.3, 0.4) is 0 Å². The molecular weight excluding hydrogens is 380 g/mol. The van der Waals surface area contributed by atoms with E-state index in [1.165, 1.54) is 4.80 Å². The van der Waals surface area contributed by atoms with Gasteiger partial charge in [0.05, 0.1) is 7.05 Å². The maximum Gasteiger partial charge on any atom is 0.227 e. The minimum absolute atomic E-state index is 0.0195. The van der Waals surface area contributed by atoms with Crippen LogP contribution in [0.25, 0.3) is 11.4 Å². The third kappa shape index (κ3) is 4.09. The van der Waals surface area contributed by atoms with Gasteiger partial charge in [-0.3, -0.25) is 4.79 Å². The van der Waals surface area contributed by atoms with Gasteiger partial charge in [0, 0.05) is 30.3 Å². The highest BCUT2D eigenvalue weighted by Crippen LogP contribution is 2.24. The Kier molecular flexibility index (Phi) is 5.16. The molecular formula is C18H19ClN8O. The molecule has 9 nitrogen and oxygen atoms in total. The number of tetrazole rings is 1. The molecule has 28 heavy (non-hydrogen) atoms. The molecule has 0 aliphatic carbocycles. The number of anilines is 2. The topological polar surface area (TPSA) is 102 Å². The zero-order valence-electron chi connectivity index (χ0n) is 15.3. The highest BCUT2D eigenvalue weighted by Gasteiger charge is 2.26. The number of carbonyl (C=O) groups excluding carboxylic acids is 1. The highest BCUT2D eigenvalue weighted by molar-refractivity contribution is 6.29. The van der Waals surface area contributed by atoms with E-state index in [0.29, 0.717) is 11.0 Å². The second kappa shape index (κ2) is 7.89. The van der Waals surface area contributed by atoms with Crippen LogP contribution in [0.5, 0.6) is 0 Å². The Bertz CT molecular complexity index is 966. The Balaban J connectivity index is 1.36. The van der Waals surface area contributed by atoms with Gasteiger partial charge in [0.1, 0.15) is 0 Å². The van der Waals surface area contributed by atoms with E-state index in [4.69, 9.17) is 11.6 Å². The molecule has 3 aromatic rings. The molecule has 1 fully saturated rings. The van der Waals surface area contributed by atoms with Crippen molar-refractivity contribution in [1.82, 2.24) is 30.4 Å². The fourth-order valence-corrected chi connectivity index (χ4v) is 3.33. The molecule has 0 atom stereocenters. The molecule has 144 valence electrons. The molecule has 1 aliphatic heterocycles.